The molecule has 0 spiro atoms. The molecule has 0 unspecified atom stereocenters. The summed E-state index contributed by atoms with van der Waals surface area (Å²) >= 11 is 0. The normalized spacial score (nSPS) is 19.9. The van der Waals surface area contributed by atoms with Gasteiger partial charge in [0, 0.05) is 32.0 Å². The highest BCUT2D eigenvalue weighted by Gasteiger charge is 2.38. The number of hydrogen-bond acceptors (Lipinski definition) is 8. The van der Waals surface area contributed by atoms with Gasteiger partial charge in [-0.2, -0.15) is 0 Å². The third-order valence-electron chi connectivity index (χ3n) is 5.66. The summed E-state index contributed by atoms with van der Waals surface area (Å²) in [6, 6.07) is 9.96. The fourth-order valence-corrected chi connectivity index (χ4v) is 3.88. The SMILES string of the molecule is CCCCc1ccc(Cc2cc(-c3cn([C@H]4C[C@H](O)[C@@H](OC(C)=O)O4)c(=O)[nH]c3=O)on2)cc1. The van der Waals surface area contributed by atoms with E-state index in [2.05, 4.69) is 41.3 Å². The lowest BCUT2D eigenvalue weighted by Gasteiger charge is -2.15. The van der Waals surface area contributed by atoms with Gasteiger partial charge in [-0.25, -0.2) is 4.79 Å². The van der Waals surface area contributed by atoms with Crippen molar-refractivity contribution in [3.63, 3.8) is 0 Å². The van der Waals surface area contributed by atoms with Gasteiger partial charge in [0.1, 0.15) is 17.9 Å². The van der Waals surface area contributed by atoms with Crippen molar-refractivity contribution >= 4 is 5.97 Å². The van der Waals surface area contributed by atoms with E-state index in [0.717, 1.165) is 29.4 Å². The summed E-state index contributed by atoms with van der Waals surface area (Å²) in [6.45, 7) is 3.35. The molecule has 0 aliphatic carbocycles. The van der Waals surface area contributed by atoms with E-state index in [4.69, 9.17) is 14.0 Å². The van der Waals surface area contributed by atoms with Gasteiger partial charge in [-0.1, -0.05) is 42.8 Å². The number of H-pyrrole nitrogens is 1. The number of ether oxygens (including phenoxy) is 2. The lowest BCUT2D eigenvalue weighted by Crippen LogP contribution is -2.33. The maximum absolute atomic E-state index is 12.5. The molecule has 1 aliphatic heterocycles. The number of hydrogen-bond donors (Lipinski definition) is 2. The van der Waals surface area contributed by atoms with Gasteiger partial charge in [-0.05, 0) is 24.0 Å². The number of carbonyl (C=O) groups is 1. The lowest BCUT2D eigenvalue weighted by atomic mass is 10.0. The molecule has 0 saturated carbocycles. The Morgan fingerprint density at radius 1 is 1.26 bits per heavy atom. The van der Waals surface area contributed by atoms with E-state index in [0.29, 0.717) is 12.1 Å². The molecule has 1 saturated heterocycles. The van der Waals surface area contributed by atoms with Gasteiger partial charge in [0.15, 0.2) is 5.76 Å². The van der Waals surface area contributed by atoms with E-state index in [1.54, 1.807) is 6.07 Å². The second kappa shape index (κ2) is 10.2. The number of aliphatic hydroxyl groups is 1. The molecule has 4 rings (SSSR count). The number of unbranched alkanes of at least 4 members (excludes halogenated alkanes) is 1. The van der Waals surface area contributed by atoms with E-state index in [9.17, 15) is 19.5 Å². The molecule has 10 heteroatoms. The summed E-state index contributed by atoms with van der Waals surface area (Å²) in [5, 5.41) is 14.1. The number of rotatable bonds is 8. The first-order valence-corrected chi connectivity index (χ1v) is 11.2. The van der Waals surface area contributed by atoms with Crippen LogP contribution in [0.5, 0.6) is 0 Å². The standard InChI is InChI=1S/C24H27N3O7/c1-3-4-5-15-6-8-16(9-7-15)10-17-11-20(34-26-17)18-13-27(24(31)25-22(18)30)21-12-19(29)23(33-21)32-14(2)28/h6-9,11,13,19,21,23,29H,3-5,10,12H2,1-2H3,(H,25,30,31)/t19-,21+,23-/m0/s1. The molecular weight excluding hydrogens is 442 g/mol. The van der Waals surface area contributed by atoms with Crippen molar-refractivity contribution in [1.82, 2.24) is 14.7 Å². The molecule has 2 N–H and O–H groups in total. The van der Waals surface area contributed by atoms with Gasteiger partial charge in [-0.3, -0.25) is 19.1 Å². The predicted molar refractivity (Wildman–Crippen MR) is 121 cm³/mol. The first-order valence-electron chi connectivity index (χ1n) is 11.2. The maximum Gasteiger partial charge on any atom is 0.330 e. The Morgan fingerprint density at radius 2 is 2.00 bits per heavy atom. The summed E-state index contributed by atoms with van der Waals surface area (Å²) in [5.74, 6) is -0.427. The highest BCUT2D eigenvalue weighted by molar-refractivity contribution is 5.66. The third kappa shape index (κ3) is 5.35. The number of benzene rings is 1. The zero-order valence-electron chi connectivity index (χ0n) is 19.0. The molecule has 1 aromatic carbocycles. The van der Waals surface area contributed by atoms with Crippen LogP contribution in [0.3, 0.4) is 0 Å². The fourth-order valence-electron chi connectivity index (χ4n) is 3.88. The number of aliphatic hydroxyl groups excluding tert-OH is 1. The second-order valence-electron chi connectivity index (χ2n) is 8.36. The van der Waals surface area contributed by atoms with Gasteiger partial charge in [0.2, 0.25) is 6.29 Å². The van der Waals surface area contributed by atoms with Crippen LogP contribution in [0.2, 0.25) is 0 Å². The molecule has 0 amide bonds. The van der Waals surface area contributed by atoms with Crippen LogP contribution in [0.4, 0.5) is 0 Å². The minimum absolute atomic E-state index is 0.000751. The molecule has 10 nitrogen and oxygen atoms in total. The number of aromatic amines is 1. The number of nitrogens with zero attached hydrogens (tertiary/aromatic N) is 2. The van der Waals surface area contributed by atoms with Crippen LogP contribution in [-0.2, 0) is 27.1 Å². The Kier molecular flexibility index (Phi) is 7.09. The van der Waals surface area contributed by atoms with Crippen molar-refractivity contribution in [3.8, 4) is 11.3 Å². The number of carbonyl (C=O) groups excluding carboxylic acids is 1. The van der Waals surface area contributed by atoms with E-state index >= 15 is 0 Å². The second-order valence-corrected chi connectivity index (χ2v) is 8.36. The zero-order valence-corrected chi connectivity index (χ0v) is 19.0. The summed E-state index contributed by atoms with van der Waals surface area (Å²) in [7, 11) is 0. The molecule has 2 aromatic heterocycles. The molecular formula is C24H27N3O7. The quantitative estimate of drug-likeness (QED) is 0.480. The van der Waals surface area contributed by atoms with E-state index in [1.807, 2.05) is 0 Å². The Labute approximate surface area is 195 Å². The molecule has 34 heavy (non-hydrogen) atoms. The van der Waals surface area contributed by atoms with Crippen molar-refractivity contribution in [1.29, 1.82) is 0 Å². The Bertz CT molecular complexity index is 1260. The van der Waals surface area contributed by atoms with Crippen molar-refractivity contribution in [2.45, 2.75) is 64.6 Å². The van der Waals surface area contributed by atoms with Crippen molar-refractivity contribution in [2.75, 3.05) is 0 Å². The van der Waals surface area contributed by atoms with Crippen molar-refractivity contribution in [2.24, 2.45) is 0 Å². The van der Waals surface area contributed by atoms with Crippen molar-refractivity contribution in [3.05, 3.63) is 74.2 Å². The monoisotopic (exact) mass is 469 g/mol. The topological polar surface area (TPSA) is 137 Å². The van der Waals surface area contributed by atoms with Gasteiger partial charge in [0.05, 0.1) is 5.69 Å². The van der Waals surface area contributed by atoms with E-state index in [-0.39, 0.29) is 17.7 Å². The van der Waals surface area contributed by atoms with E-state index < -0.39 is 35.8 Å². The van der Waals surface area contributed by atoms with Crippen LogP contribution >= 0.6 is 0 Å². The van der Waals surface area contributed by atoms with Crippen LogP contribution < -0.4 is 11.2 Å². The Morgan fingerprint density at radius 3 is 2.71 bits per heavy atom. The molecule has 180 valence electrons. The van der Waals surface area contributed by atoms with Gasteiger partial charge in [-0.15, -0.1) is 0 Å². The molecule has 1 fully saturated rings. The first-order chi connectivity index (χ1) is 16.3. The summed E-state index contributed by atoms with van der Waals surface area (Å²) in [6.07, 6.45) is 1.92. The van der Waals surface area contributed by atoms with E-state index in [1.165, 1.54) is 18.7 Å². The minimum Gasteiger partial charge on any atom is -0.433 e. The lowest BCUT2D eigenvalue weighted by molar-refractivity contribution is -0.191. The van der Waals surface area contributed by atoms with Crippen LogP contribution in [0.1, 0.15) is 56.2 Å². The van der Waals surface area contributed by atoms with Crippen LogP contribution in [0, 0.1) is 0 Å². The molecule has 0 radical (unpaired) electrons. The number of aryl methyl sites for hydroxylation is 1. The number of aromatic nitrogens is 3. The minimum atomic E-state index is -1.20. The first kappa shape index (κ1) is 23.7. The molecule has 3 heterocycles. The van der Waals surface area contributed by atoms with Gasteiger partial charge in [0.25, 0.3) is 5.56 Å². The van der Waals surface area contributed by atoms with Crippen LogP contribution in [0.15, 0.2) is 50.6 Å². The predicted octanol–water partition coefficient (Wildman–Crippen LogP) is 2.29. The van der Waals surface area contributed by atoms with Gasteiger partial charge < -0.3 is 19.1 Å². The molecule has 3 aromatic rings. The van der Waals surface area contributed by atoms with Crippen LogP contribution in [0.25, 0.3) is 11.3 Å². The highest BCUT2D eigenvalue weighted by Crippen LogP contribution is 2.29. The summed E-state index contributed by atoms with van der Waals surface area (Å²) in [5.41, 5.74) is 1.70. The van der Waals surface area contributed by atoms with Crippen molar-refractivity contribution < 1.29 is 23.9 Å². The Hall–Kier alpha value is -3.50. The number of nitrogens with one attached hydrogen (secondary N) is 1. The average molecular weight is 469 g/mol. The third-order valence-corrected chi connectivity index (χ3v) is 5.66. The summed E-state index contributed by atoms with van der Waals surface area (Å²) < 4.78 is 16.9. The van der Waals surface area contributed by atoms with Gasteiger partial charge >= 0.3 is 11.7 Å². The van der Waals surface area contributed by atoms with Crippen LogP contribution in [-0.4, -0.2) is 38.2 Å². The number of esters is 1. The molecule has 1 aliphatic rings. The smallest absolute Gasteiger partial charge is 0.330 e. The molecule has 3 atom stereocenters. The fraction of sp³-hybridized carbons (Fsp3) is 0.417. The maximum atomic E-state index is 12.5. The highest BCUT2D eigenvalue weighted by atomic mass is 16.7. The largest absolute Gasteiger partial charge is 0.433 e. The molecule has 0 bridgehead atoms. The summed E-state index contributed by atoms with van der Waals surface area (Å²) in [4.78, 5) is 38.2. The Balaban J connectivity index is 1.52. The average Bonchev–Trinajstić information content (AvgIpc) is 3.39. The zero-order chi connectivity index (χ0) is 24.2.